The van der Waals surface area contributed by atoms with Crippen LogP contribution < -0.4 is 4.90 Å². The molecular formula is C24H18Cl2FN3O2. The van der Waals surface area contributed by atoms with E-state index in [1.54, 1.807) is 16.8 Å². The van der Waals surface area contributed by atoms with E-state index in [0.717, 1.165) is 22.4 Å². The molecule has 1 aliphatic heterocycles. The highest BCUT2D eigenvalue weighted by Gasteiger charge is 2.46. The molecule has 0 radical (unpaired) electrons. The molecule has 0 saturated carbocycles. The summed E-state index contributed by atoms with van der Waals surface area (Å²) in [5.41, 5.74) is 4.26. The molecule has 0 spiro atoms. The summed E-state index contributed by atoms with van der Waals surface area (Å²) in [5, 5.41) is 14.6. The molecule has 2 aliphatic rings. The van der Waals surface area contributed by atoms with Gasteiger partial charge < -0.3 is 5.11 Å². The molecule has 1 unspecified atom stereocenters. The summed E-state index contributed by atoms with van der Waals surface area (Å²) in [5.74, 6) is -1.10. The van der Waals surface area contributed by atoms with Crippen molar-refractivity contribution in [1.29, 1.82) is 0 Å². The minimum Gasteiger partial charge on any atom is -0.394 e. The van der Waals surface area contributed by atoms with Crippen molar-refractivity contribution in [3.05, 3.63) is 98.6 Å². The van der Waals surface area contributed by atoms with Crippen LogP contribution in [0.5, 0.6) is 0 Å². The zero-order valence-corrected chi connectivity index (χ0v) is 18.5. The maximum Gasteiger partial charge on any atom is 0.280 e. The summed E-state index contributed by atoms with van der Waals surface area (Å²) >= 11 is 12.2. The predicted molar refractivity (Wildman–Crippen MR) is 123 cm³/mol. The molecule has 1 aliphatic carbocycles. The summed E-state index contributed by atoms with van der Waals surface area (Å²) in [4.78, 5) is 15.0. The average molecular weight is 470 g/mol. The van der Waals surface area contributed by atoms with E-state index in [-0.39, 0.29) is 29.6 Å². The number of allylic oxidation sites excluding steroid dienone is 4. The van der Waals surface area contributed by atoms with Crippen molar-refractivity contribution >= 4 is 40.4 Å². The molecule has 2 heterocycles. The number of carbonyl (C=O) groups is 1. The molecule has 0 fully saturated rings. The van der Waals surface area contributed by atoms with Crippen LogP contribution in [-0.4, -0.2) is 27.4 Å². The number of anilines is 1. The van der Waals surface area contributed by atoms with Crippen molar-refractivity contribution in [2.24, 2.45) is 0 Å². The molecule has 1 aromatic heterocycles. The van der Waals surface area contributed by atoms with Crippen LogP contribution in [0.3, 0.4) is 0 Å². The van der Waals surface area contributed by atoms with Gasteiger partial charge in [-0.3, -0.25) is 14.4 Å². The average Bonchev–Trinajstić information content (AvgIpc) is 3.19. The lowest BCUT2D eigenvalue weighted by atomic mass is 9.91. The smallest absolute Gasteiger partial charge is 0.280 e. The van der Waals surface area contributed by atoms with Gasteiger partial charge in [0.25, 0.3) is 5.91 Å². The van der Waals surface area contributed by atoms with E-state index in [1.165, 1.54) is 17.0 Å². The standard InChI is InChI=1S/C24H18Cl2FN3O2/c1-13-12-15(25)8-9-16(13)23-19-21(28-29(10-11-31)22(19)14-4-2-5-14)24(32)30(23)18-7-3-6-17(26)20(18)27/h2-9,12,23,31H,10-11H2,1H3. The minimum absolute atomic E-state index is 0.0679. The number of amides is 1. The summed E-state index contributed by atoms with van der Waals surface area (Å²) in [7, 11) is 0. The van der Waals surface area contributed by atoms with Gasteiger partial charge in [0.1, 0.15) is 0 Å². The summed E-state index contributed by atoms with van der Waals surface area (Å²) in [6.45, 7) is 2.01. The number of nitrogens with zero attached hydrogens (tertiary/aromatic N) is 3. The Morgan fingerprint density at radius 3 is 2.66 bits per heavy atom. The number of carbonyl (C=O) groups excluding carboxylic acids is 1. The molecule has 2 aromatic carbocycles. The molecule has 1 amide bonds. The zero-order chi connectivity index (χ0) is 22.6. The number of aliphatic hydroxyl groups excluding tert-OH is 1. The number of fused-ring (bicyclic) bond motifs is 1. The Hall–Kier alpha value is -2.93. The van der Waals surface area contributed by atoms with Gasteiger partial charge in [-0.05, 0) is 42.3 Å². The van der Waals surface area contributed by atoms with Gasteiger partial charge in [-0.1, -0.05) is 53.6 Å². The fourth-order valence-corrected chi connectivity index (χ4v) is 4.73. The Kier molecular flexibility index (Phi) is 5.16. The van der Waals surface area contributed by atoms with E-state index in [2.05, 4.69) is 5.10 Å². The van der Waals surface area contributed by atoms with Crippen LogP contribution in [-0.2, 0) is 6.54 Å². The van der Waals surface area contributed by atoms with Crippen molar-refractivity contribution in [2.45, 2.75) is 19.5 Å². The van der Waals surface area contributed by atoms with Crippen LogP contribution in [0.25, 0.3) is 5.57 Å². The van der Waals surface area contributed by atoms with Crippen molar-refractivity contribution in [3.8, 4) is 0 Å². The second-order valence-corrected chi connectivity index (χ2v) is 8.53. The topological polar surface area (TPSA) is 58.4 Å². The van der Waals surface area contributed by atoms with Gasteiger partial charge in [0.05, 0.1) is 35.6 Å². The van der Waals surface area contributed by atoms with Crippen molar-refractivity contribution < 1.29 is 14.3 Å². The second-order valence-electron chi connectivity index (χ2n) is 7.69. The van der Waals surface area contributed by atoms with Gasteiger partial charge in [-0.25, -0.2) is 4.39 Å². The van der Waals surface area contributed by atoms with E-state index in [4.69, 9.17) is 23.2 Å². The molecular weight excluding hydrogens is 452 g/mol. The van der Waals surface area contributed by atoms with Crippen molar-refractivity contribution in [2.75, 3.05) is 11.5 Å². The van der Waals surface area contributed by atoms with E-state index in [9.17, 15) is 9.90 Å². The van der Waals surface area contributed by atoms with Crippen LogP contribution in [0, 0.1) is 12.7 Å². The van der Waals surface area contributed by atoms with Crippen LogP contribution >= 0.6 is 23.2 Å². The van der Waals surface area contributed by atoms with E-state index < -0.39 is 17.8 Å². The highest BCUT2D eigenvalue weighted by molar-refractivity contribution is 6.31. The number of hydrogen-bond donors (Lipinski definition) is 1. The van der Waals surface area contributed by atoms with Gasteiger partial charge in [-0.2, -0.15) is 5.10 Å². The predicted octanol–water partition coefficient (Wildman–Crippen LogP) is 5.33. The number of hydrogen-bond acceptors (Lipinski definition) is 3. The largest absolute Gasteiger partial charge is 0.394 e. The first-order chi connectivity index (χ1) is 15.4. The maximum absolute atomic E-state index is 15.1. The Balaban J connectivity index is 1.80. The molecule has 32 heavy (non-hydrogen) atoms. The number of aromatic nitrogens is 2. The molecule has 1 N–H and O–H groups in total. The Morgan fingerprint density at radius 1 is 1.22 bits per heavy atom. The quantitative estimate of drug-likeness (QED) is 0.548. The van der Waals surface area contributed by atoms with Crippen LogP contribution in [0.1, 0.15) is 38.9 Å². The van der Waals surface area contributed by atoms with Crippen molar-refractivity contribution in [1.82, 2.24) is 9.78 Å². The van der Waals surface area contributed by atoms with Crippen LogP contribution in [0.2, 0.25) is 10.0 Å². The lowest BCUT2D eigenvalue weighted by Crippen LogP contribution is -2.31. The Labute approximate surface area is 194 Å². The van der Waals surface area contributed by atoms with Gasteiger partial charge in [0, 0.05) is 16.2 Å². The highest BCUT2D eigenvalue weighted by Crippen LogP contribution is 2.47. The number of rotatable bonds is 5. The molecule has 0 bridgehead atoms. The monoisotopic (exact) mass is 469 g/mol. The first kappa shape index (κ1) is 20.9. The first-order valence-corrected chi connectivity index (χ1v) is 10.8. The molecule has 5 rings (SSSR count). The molecule has 162 valence electrons. The third-order valence-electron chi connectivity index (χ3n) is 5.80. The third kappa shape index (κ3) is 3.10. The lowest BCUT2D eigenvalue weighted by molar-refractivity contribution is 0.0986. The van der Waals surface area contributed by atoms with Crippen LogP contribution in [0.15, 0.2) is 54.6 Å². The van der Waals surface area contributed by atoms with E-state index >= 15 is 4.39 Å². The zero-order valence-electron chi connectivity index (χ0n) is 17.0. The Bertz CT molecular complexity index is 1330. The van der Waals surface area contributed by atoms with Gasteiger partial charge >= 0.3 is 0 Å². The first-order valence-electron chi connectivity index (χ1n) is 10.1. The lowest BCUT2D eigenvalue weighted by Gasteiger charge is -2.29. The second kappa shape index (κ2) is 7.89. The molecule has 1 atom stereocenters. The maximum atomic E-state index is 15.1. The number of aryl methyl sites for hydroxylation is 1. The third-order valence-corrected chi connectivity index (χ3v) is 6.32. The van der Waals surface area contributed by atoms with Gasteiger partial charge in [-0.15, -0.1) is 0 Å². The molecule has 0 saturated heterocycles. The minimum atomic E-state index is -0.670. The summed E-state index contributed by atoms with van der Waals surface area (Å²) in [6.07, 6.45) is 5.74. The fourth-order valence-electron chi connectivity index (χ4n) is 4.33. The summed E-state index contributed by atoms with van der Waals surface area (Å²) < 4.78 is 16.8. The highest BCUT2D eigenvalue weighted by atomic mass is 35.5. The molecule has 3 aromatic rings. The molecule has 5 nitrogen and oxygen atoms in total. The van der Waals surface area contributed by atoms with E-state index in [0.29, 0.717) is 10.6 Å². The number of benzene rings is 2. The SMILES string of the molecule is Cc1cc(Cl)ccc1C1c2c(nn(CCO)c2C2=CC=C2)C(=O)N1c1cccc(Cl)c1F. The number of aliphatic hydroxyl groups is 1. The Morgan fingerprint density at radius 2 is 2.00 bits per heavy atom. The van der Waals surface area contributed by atoms with Gasteiger partial charge in [0.2, 0.25) is 0 Å². The summed E-state index contributed by atoms with van der Waals surface area (Å²) in [6, 6.07) is 9.36. The normalized spacial score (nSPS) is 16.9. The number of halogens is 3. The van der Waals surface area contributed by atoms with E-state index in [1.807, 2.05) is 37.3 Å². The molecule has 8 heteroatoms. The van der Waals surface area contributed by atoms with Crippen molar-refractivity contribution in [3.63, 3.8) is 0 Å². The fraction of sp³-hybridized carbons (Fsp3) is 0.167. The van der Waals surface area contributed by atoms with Gasteiger partial charge in [0.15, 0.2) is 11.5 Å². The van der Waals surface area contributed by atoms with Crippen LogP contribution in [0.4, 0.5) is 10.1 Å².